The molecule has 3 rings (SSSR count). The van der Waals surface area contributed by atoms with E-state index in [0.29, 0.717) is 23.7 Å². The molecule has 44 heavy (non-hydrogen) atoms. The van der Waals surface area contributed by atoms with E-state index in [4.69, 9.17) is 23.4 Å². The lowest BCUT2D eigenvalue weighted by molar-refractivity contribution is -0.146. The number of aliphatic hydroxyl groups is 1. The lowest BCUT2D eigenvalue weighted by atomic mass is 9.98. The molecular weight excluding hydrogens is 570 g/mol. The van der Waals surface area contributed by atoms with Crippen molar-refractivity contribution in [1.29, 1.82) is 0 Å². The van der Waals surface area contributed by atoms with Gasteiger partial charge in [0.05, 0.1) is 26.9 Å². The average molecular weight is 624 g/mol. The smallest absolute Gasteiger partial charge is 0.320 e. The first-order chi connectivity index (χ1) is 21.0. The predicted molar refractivity (Wildman–Crippen MR) is 181 cm³/mol. The highest BCUT2D eigenvalue weighted by Gasteiger charge is 2.52. The van der Waals surface area contributed by atoms with Crippen LogP contribution in [-0.2, 0) is 9.47 Å². The number of benzene rings is 3. The Morgan fingerprint density at radius 1 is 0.841 bits per heavy atom. The van der Waals surface area contributed by atoms with Crippen LogP contribution in [-0.4, -0.2) is 60.2 Å². The molecule has 0 saturated heterocycles. The summed E-state index contributed by atoms with van der Waals surface area (Å²) in [6.07, 6.45) is 2.35. The van der Waals surface area contributed by atoms with Crippen LogP contribution < -0.4 is 29.6 Å². The minimum Gasteiger partial charge on any atom is -0.531 e. The van der Waals surface area contributed by atoms with E-state index in [1.54, 1.807) is 28.4 Å². The minimum absolute atomic E-state index is 0.239. The number of rotatable bonds is 17. The highest BCUT2D eigenvalue weighted by atomic mass is 28.4. The molecule has 0 spiro atoms. The zero-order valence-corrected chi connectivity index (χ0v) is 29.1. The predicted octanol–water partition coefficient (Wildman–Crippen LogP) is 6.22. The van der Waals surface area contributed by atoms with E-state index >= 15 is 0 Å². The monoisotopic (exact) mass is 623 g/mol. The molecule has 0 bridgehead atoms. The molecule has 0 aliphatic rings. The molecule has 3 aromatic rings. The second-order valence-corrected chi connectivity index (χ2v) is 16.5. The number of likely N-dealkylation sites (N-methyl/N-ethyl adjacent to an activating group) is 1. The Balaban J connectivity index is 2.15. The van der Waals surface area contributed by atoms with Crippen LogP contribution in [0.5, 0.6) is 17.2 Å². The molecule has 3 atom stereocenters. The Morgan fingerprint density at radius 3 is 1.84 bits per heavy atom. The van der Waals surface area contributed by atoms with Crippen LogP contribution in [0.4, 0.5) is 0 Å². The minimum atomic E-state index is -2.98. The number of ether oxygens (including phenoxy) is 4. The molecule has 7 nitrogen and oxygen atoms in total. The molecule has 3 aromatic carbocycles. The first-order valence-electron chi connectivity index (χ1n) is 15.7. The SMILES string of the molecule is CCCCC(OCC(OC)c1cc(OC)c(OC)c(O[Si](c2ccccc2)(c2ccccc2)C(C)(C)C)c1)C(O)(CC)NC. The lowest BCUT2D eigenvalue weighted by Crippen LogP contribution is -2.68. The number of unbranched alkanes of at least 4 members (excludes halogenated alkanes) is 1. The fraction of sp³-hybridized carbons (Fsp3) is 0.500. The maximum absolute atomic E-state index is 11.3. The van der Waals surface area contributed by atoms with Crippen LogP contribution >= 0.6 is 0 Å². The second kappa shape index (κ2) is 15.9. The van der Waals surface area contributed by atoms with E-state index in [-0.39, 0.29) is 11.6 Å². The number of hydrogen-bond donors (Lipinski definition) is 2. The standard InChI is InChI=1S/C36H53NO6Si/c1-10-12-23-33(36(38,11-2)37-6)42-26-32(40-8)27-24-30(39-7)34(41-9)31(25-27)43-44(35(3,4)5,28-19-15-13-16-20-28)29-21-17-14-18-22-29/h13-22,24-25,32-33,37-38H,10-12,23,26H2,1-9H3. The van der Waals surface area contributed by atoms with Crippen LogP contribution in [0.1, 0.15) is 72.0 Å². The molecule has 0 aromatic heterocycles. The van der Waals surface area contributed by atoms with Gasteiger partial charge < -0.3 is 28.5 Å². The van der Waals surface area contributed by atoms with Crippen molar-refractivity contribution in [3.63, 3.8) is 0 Å². The maximum Gasteiger partial charge on any atom is 0.320 e. The van der Waals surface area contributed by atoms with Crippen LogP contribution in [0.15, 0.2) is 72.8 Å². The number of hydrogen-bond acceptors (Lipinski definition) is 7. The molecule has 0 saturated carbocycles. The van der Waals surface area contributed by atoms with Crippen molar-refractivity contribution in [2.75, 3.05) is 35.0 Å². The summed E-state index contributed by atoms with van der Waals surface area (Å²) in [5.74, 6) is 1.65. The molecule has 0 fully saturated rings. The van der Waals surface area contributed by atoms with Crippen molar-refractivity contribution in [3.05, 3.63) is 78.4 Å². The Hall–Kier alpha value is -2.88. The summed E-state index contributed by atoms with van der Waals surface area (Å²) < 4.78 is 31.6. The molecule has 3 unspecified atom stereocenters. The third-order valence-corrected chi connectivity index (χ3v) is 13.5. The largest absolute Gasteiger partial charge is 0.531 e. The van der Waals surface area contributed by atoms with Crippen molar-refractivity contribution in [2.24, 2.45) is 0 Å². The van der Waals surface area contributed by atoms with Gasteiger partial charge in [-0.25, -0.2) is 0 Å². The Kier molecular flexibility index (Phi) is 12.9. The fourth-order valence-corrected chi connectivity index (χ4v) is 10.4. The zero-order chi connectivity index (χ0) is 32.4. The normalized spacial score (nSPS) is 14.9. The molecule has 242 valence electrons. The van der Waals surface area contributed by atoms with E-state index in [2.05, 4.69) is 81.5 Å². The van der Waals surface area contributed by atoms with E-state index < -0.39 is 26.3 Å². The summed E-state index contributed by atoms with van der Waals surface area (Å²) in [5, 5.41) is 16.4. The van der Waals surface area contributed by atoms with Crippen LogP contribution in [0.25, 0.3) is 0 Å². The van der Waals surface area contributed by atoms with E-state index in [1.165, 1.54) is 0 Å². The van der Waals surface area contributed by atoms with Gasteiger partial charge in [-0.2, -0.15) is 0 Å². The van der Waals surface area contributed by atoms with Crippen molar-refractivity contribution in [2.45, 2.75) is 83.3 Å². The molecule has 0 aliphatic heterocycles. The summed E-state index contributed by atoms with van der Waals surface area (Å²) in [7, 11) is 3.71. The molecule has 8 heteroatoms. The van der Waals surface area contributed by atoms with Crippen LogP contribution in [0.2, 0.25) is 5.04 Å². The second-order valence-electron chi connectivity index (χ2n) is 12.2. The third-order valence-electron chi connectivity index (χ3n) is 8.58. The van der Waals surface area contributed by atoms with Gasteiger partial charge in [0.25, 0.3) is 0 Å². The number of methoxy groups -OCH3 is 3. The van der Waals surface area contributed by atoms with Crippen molar-refractivity contribution < 1.29 is 28.5 Å². The van der Waals surface area contributed by atoms with Crippen molar-refractivity contribution >= 4 is 18.7 Å². The van der Waals surface area contributed by atoms with Gasteiger partial charge in [-0.15, -0.1) is 0 Å². The molecule has 2 N–H and O–H groups in total. The van der Waals surface area contributed by atoms with Crippen LogP contribution in [0.3, 0.4) is 0 Å². The van der Waals surface area contributed by atoms with Gasteiger partial charge in [-0.1, -0.05) is 108 Å². The average Bonchev–Trinajstić information content (AvgIpc) is 3.04. The summed E-state index contributed by atoms with van der Waals surface area (Å²) in [6, 6.07) is 24.9. The van der Waals surface area contributed by atoms with Crippen molar-refractivity contribution in [3.8, 4) is 17.2 Å². The molecule has 0 amide bonds. The highest BCUT2D eigenvalue weighted by Crippen LogP contribution is 2.45. The van der Waals surface area contributed by atoms with E-state index in [0.717, 1.165) is 35.2 Å². The molecule has 0 radical (unpaired) electrons. The Bertz CT molecular complexity index is 1240. The number of nitrogens with one attached hydrogen (secondary N) is 1. The van der Waals surface area contributed by atoms with Crippen molar-refractivity contribution in [1.82, 2.24) is 5.32 Å². The quantitative estimate of drug-likeness (QED) is 0.137. The van der Waals surface area contributed by atoms with Gasteiger partial charge in [-0.3, -0.25) is 5.32 Å². The summed E-state index contributed by atoms with van der Waals surface area (Å²) in [6.45, 7) is 11.1. The van der Waals surface area contributed by atoms with Gasteiger partial charge in [0, 0.05) is 7.11 Å². The zero-order valence-electron chi connectivity index (χ0n) is 28.1. The van der Waals surface area contributed by atoms with Gasteiger partial charge in [0.15, 0.2) is 11.5 Å². The van der Waals surface area contributed by atoms with Gasteiger partial charge in [-0.05, 0) is 53.0 Å². The first kappa shape index (κ1) is 35.6. The molecule has 0 heterocycles. The highest BCUT2D eigenvalue weighted by molar-refractivity contribution is 7.00. The Morgan fingerprint density at radius 2 is 1.41 bits per heavy atom. The lowest BCUT2D eigenvalue weighted by Gasteiger charge is -2.43. The topological polar surface area (TPSA) is 78.4 Å². The van der Waals surface area contributed by atoms with E-state index in [1.807, 2.05) is 31.2 Å². The van der Waals surface area contributed by atoms with Gasteiger partial charge >= 0.3 is 8.32 Å². The summed E-state index contributed by atoms with van der Waals surface area (Å²) in [4.78, 5) is 0. The van der Waals surface area contributed by atoms with Crippen LogP contribution in [0, 0.1) is 0 Å². The molecule has 0 aliphatic carbocycles. The Labute approximate surface area is 266 Å². The molecular formula is C36H53NO6Si. The summed E-state index contributed by atoms with van der Waals surface area (Å²) >= 11 is 0. The van der Waals surface area contributed by atoms with Gasteiger partial charge in [0.2, 0.25) is 5.75 Å². The first-order valence-corrected chi connectivity index (χ1v) is 17.6. The maximum atomic E-state index is 11.3. The van der Waals surface area contributed by atoms with Gasteiger partial charge in [0.1, 0.15) is 11.8 Å². The summed E-state index contributed by atoms with van der Waals surface area (Å²) in [5.41, 5.74) is -0.306. The third kappa shape index (κ3) is 7.66. The van der Waals surface area contributed by atoms with E-state index in [9.17, 15) is 5.11 Å². The fourth-order valence-electron chi connectivity index (χ4n) is 5.94.